The Morgan fingerprint density at radius 3 is 2.64 bits per heavy atom. The van der Waals surface area contributed by atoms with Gasteiger partial charge in [-0.1, -0.05) is 0 Å². The molecule has 3 aliphatic heterocycles. The van der Waals surface area contributed by atoms with E-state index in [-0.39, 0.29) is 5.41 Å². The van der Waals surface area contributed by atoms with Gasteiger partial charge in [0.05, 0.1) is 6.61 Å². The van der Waals surface area contributed by atoms with Crippen LogP contribution in [-0.2, 0) is 0 Å². The Balaban J connectivity index is 1.58. The average molecular weight is 345 g/mol. The molecule has 0 unspecified atom stereocenters. The molecule has 2 atom stereocenters. The van der Waals surface area contributed by atoms with Gasteiger partial charge >= 0.3 is 0 Å². The molecule has 1 N–H and O–H groups in total. The lowest BCUT2D eigenvalue weighted by Gasteiger charge is -2.53. The minimum absolute atomic E-state index is 0.0728. The zero-order chi connectivity index (χ0) is 17.4. The van der Waals surface area contributed by atoms with Crippen LogP contribution in [-0.4, -0.2) is 72.4 Å². The molecule has 4 rings (SSSR count). The van der Waals surface area contributed by atoms with Gasteiger partial charge in [-0.15, -0.1) is 0 Å². The highest BCUT2D eigenvalue weighted by Crippen LogP contribution is 2.42. The fourth-order valence-electron chi connectivity index (χ4n) is 4.98. The summed E-state index contributed by atoms with van der Waals surface area (Å²) in [6.07, 6.45) is 5.86. The van der Waals surface area contributed by atoms with Crippen LogP contribution in [0.25, 0.3) is 0 Å². The third-order valence-corrected chi connectivity index (χ3v) is 6.55. The molecule has 0 aromatic carbocycles. The van der Waals surface area contributed by atoms with Crippen molar-refractivity contribution in [3.05, 3.63) is 11.8 Å². The minimum atomic E-state index is 0.0728. The number of fused-ring (bicyclic) bond motifs is 1. The second kappa shape index (κ2) is 6.72. The van der Waals surface area contributed by atoms with Gasteiger partial charge in [-0.2, -0.15) is 4.98 Å². The summed E-state index contributed by atoms with van der Waals surface area (Å²) < 4.78 is 0. The molecule has 0 aliphatic carbocycles. The lowest BCUT2D eigenvalue weighted by atomic mass is 9.69. The van der Waals surface area contributed by atoms with Crippen LogP contribution in [0.3, 0.4) is 0 Å². The van der Waals surface area contributed by atoms with Crippen molar-refractivity contribution in [3.8, 4) is 0 Å². The number of aliphatic hydroxyl groups is 1. The van der Waals surface area contributed by atoms with Crippen LogP contribution in [0, 0.1) is 12.3 Å². The maximum Gasteiger partial charge on any atom is 0.227 e. The molecule has 3 aliphatic rings. The highest BCUT2D eigenvalue weighted by atomic mass is 16.3. The quantitative estimate of drug-likeness (QED) is 0.899. The van der Waals surface area contributed by atoms with E-state index in [1.54, 1.807) is 0 Å². The van der Waals surface area contributed by atoms with E-state index >= 15 is 0 Å². The Bertz CT molecular complexity index is 618. The molecular weight excluding hydrogens is 314 g/mol. The van der Waals surface area contributed by atoms with E-state index in [0.717, 1.165) is 63.0 Å². The van der Waals surface area contributed by atoms with Gasteiger partial charge in [-0.3, -0.25) is 0 Å². The molecule has 4 heterocycles. The van der Waals surface area contributed by atoms with Gasteiger partial charge in [0.2, 0.25) is 5.95 Å². The van der Waals surface area contributed by atoms with Gasteiger partial charge < -0.3 is 19.8 Å². The molecule has 0 saturated carbocycles. The first kappa shape index (κ1) is 17.0. The van der Waals surface area contributed by atoms with Crippen molar-refractivity contribution in [2.75, 3.05) is 56.2 Å². The number of likely N-dealkylation sites (N-methyl/N-ethyl adjacent to an activating group) is 1. The maximum absolute atomic E-state index is 10.1. The average Bonchev–Trinajstić information content (AvgIpc) is 3.16. The molecule has 3 fully saturated rings. The van der Waals surface area contributed by atoms with Gasteiger partial charge in [0.15, 0.2) is 0 Å². The summed E-state index contributed by atoms with van der Waals surface area (Å²) in [7, 11) is 2.21. The molecule has 3 saturated heterocycles. The van der Waals surface area contributed by atoms with E-state index in [1.807, 2.05) is 0 Å². The minimum Gasteiger partial charge on any atom is -0.396 e. The lowest BCUT2D eigenvalue weighted by molar-refractivity contribution is -0.0277. The van der Waals surface area contributed by atoms with Crippen molar-refractivity contribution >= 4 is 11.8 Å². The number of hydrogen-bond acceptors (Lipinski definition) is 6. The van der Waals surface area contributed by atoms with Gasteiger partial charge in [-0.25, -0.2) is 4.98 Å². The summed E-state index contributed by atoms with van der Waals surface area (Å²) in [4.78, 5) is 16.8. The number of aromatic nitrogens is 2. The van der Waals surface area contributed by atoms with Crippen LogP contribution in [0.1, 0.15) is 37.8 Å². The zero-order valence-electron chi connectivity index (χ0n) is 15.6. The maximum atomic E-state index is 10.1. The first-order chi connectivity index (χ1) is 12.1. The molecular formula is C19H31N5O. The first-order valence-corrected chi connectivity index (χ1v) is 9.78. The van der Waals surface area contributed by atoms with Crippen molar-refractivity contribution in [1.29, 1.82) is 0 Å². The smallest absolute Gasteiger partial charge is 0.227 e. The molecule has 6 nitrogen and oxygen atoms in total. The fourth-order valence-corrected chi connectivity index (χ4v) is 4.98. The summed E-state index contributed by atoms with van der Waals surface area (Å²) in [5.41, 5.74) is 1.12. The van der Waals surface area contributed by atoms with Crippen LogP contribution < -0.4 is 9.80 Å². The largest absolute Gasteiger partial charge is 0.396 e. The number of piperidine rings is 2. The van der Waals surface area contributed by atoms with E-state index in [4.69, 9.17) is 4.98 Å². The van der Waals surface area contributed by atoms with Crippen LogP contribution in [0.4, 0.5) is 11.8 Å². The van der Waals surface area contributed by atoms with Crippen molar-refractivity contribution in [1.82, 2.24) is 14.9 Å². The molecule has 0 radical (unpaired) electrons. The monoisotopic (exact) mass is 345 g/mol. The van der Waals surface area contributed by atoms with Crippen LogP contribution >= 0.6 is 0 Å². The molecule has 0 amide bonds. The van der Waals surface area contributed by atoms with Gasteiger partial charge in [0.25, 0.3) is 0 Å². The number of anilines is 2. The Morgan fingerprint density at radius 1 is 1.08 bits per heavy atom. The number of rotatable bonds is 3. The van der Waals surface area contributed by atoms with E-state index in [0.29, 0.717) is 12.6 Å². The molecule has 138 valence electrons. The number of likely N-dealkylation sites (tertiary alicyclic amines) is 1. The van der Waals surface area contributed by atoms with Crippen LogP contribution in [0.15, 0.2) is 6.07 Å². The van der Waals surface area contributed by atoms with Gasteiger partial charge in [-0.05, 0) is 52.6 Å². The van der Waals surface area contributed by atoms with Crippen molar-refractivity contribution in [3.63, 3.8) is 0 Å². The Hall–Kier alpha value is -1.40. The predicted molar refractivity (Wildman–Crippen MR) is 100 cm³/mol. The zero-order valence-corrected chi connectivity index (χ0v) is 15.6. The normalized spacial score (nSPS) is 30.6. The Labute approximate surface area is 150 Å². The number of aliphatic hydroxyl groups excluding tert-OH is 1. The molecule has 0 bridgehead atoms. The SMILES string of the molecule is Cc1cc(N2CC[C@@]3(CO)CCCN(C)[C@@H]3C2)nc(N2CCCC2)n1. The number of nitrogens with zero attached hydrogens (tertiary/aromatic N) is 5. The van der Waals surface area contributed by atoms with Crippen LogP contribution in [0.2, 0.25) is 0 Å². The second-order valence-corrected chi connectivity index (χ2v) is 8.18. The van der Waals surface area contributed by atoms with Gasteiger partial charge in [0.1, 0.15) is 5.82 Å². The van der Waals surface area contributed by atoms with Crippen LogP contribution in [0.5, 0.6) is 0 Å². The summed E-state index contributed by atoms with van der Waals surface area (Å²) in [5.74, 6) is 1.95. The van der Waals surface area contributed by atoms with E-state index < -0.39 is 0 Å². The highest BCUT2D eigenvalue weighted by Gasteiger charge is 2.46. The fraction of sp³-hybridized carbons (Fsp3) is 0.789. The first-order valence-electron chi connectivity index (χ1n) is 9.78. The summed E-state index contributed by atoms with van der Waals surface area (Å²) in [6, 6.07) is 2.53. The summed E-state index contributed by atoms with van der Waals surface area (Å²) in [6.45, 7) is 7.57. The number of hydrogen-bond donors (Lipinski definition) is 1. The van der Waals surface area contributed by atoms with Crippen molar-refractivity contribution in [2.45, 2.75) is 45.1 Å². The molecule has 25 heavy (non-hydrogen) atoms. The molecule has 1 aromatic rings. The third-order valence-electron chi connectivity index (χ3n) is 6.55. The van der Waals surface area contributed by atoms with E-state index in [1.165, 1.54) is 19.3 Å². The molecule has 6 heteroatoms. The van der Waals surface area contributed by atoms with Crippen molar-refractivity contribution in [2.24, 2.45) is 5.41 Å². The van der Waals surface area contributed by atoms with Crippen molar-refractivity contribution < 1.29 is 5.11 Å². The molecule has 1 aromatic heterocycles. The second-order valence-electron chi connectivity index (χ2n) is 8.18. The highest BCUT2D eigenvalue weighted by molar-refractivity contribution is 5.47. The molecule has 0 spiro atoms. The summed E-state index contributed by atoms with van der Waals surface area (Å²) >= 11 is 0. The third kappa shape index (κ3) is 3.10. The Morgan fingerprint density at radius 2 is 1.88 bits per heavy atom. The topological polar surface area (TPSA) is 55.7 Å². The lowest BCUT2D eigenvalue weighted by Crippen LogP contribution is -2.61. The van der Waals surface area contributed by atoms with Gasteiger partial charge in [0, 0.05) is 49.4 Å². The Kier molecular flexibility index (Phi) is 4.58. The predicted octanol–water partition coefficient (Wildman–Crippen LogP) is 1.67. The van der Waals surface area contributed by atoms with E-state index in [9.17, 15) is 5.11 Å². The number of aryl methyl sites for hydroxylation is 1. The summed E-state index contributed by atoms with van der Waals surface area (Å²) in [5, 5.41) is 10.1. The standard InChI is InChI=1S/C19H31N5O/c1-15-12-17(21-18(20-15)23-9-3-4-10-23)24-11-7-19(14-25)6-5-8-22(2)16(19)13-24/h12,16,25H,3-11,13-14H2,1-2H3/t16-,19-/m1/s1. The van der Waals surface area contributed by atoms with E-state index in [2.05, 4.69) is 39.7 Å².